The van der Waals surface area contributed by atoms with Gasteiger partial charge in [-0.3, -0.25) is 14.5 Å². The molecule has 2 aliphatic rings. The van der Waals surface area contributed by atoms with Crippen LogP contribution in [0.4, 0.5) is 5.69 Å². The summed E-state index contributed by atoms with van der Waals surface area (Å²) in [5.74, 6) is 0.0979. The molecule has 0 radical (unpaired) electrons. The second-order valence-electron chi connectivity index (χ2n) is 6.70. The Morgan fingerprint density at radius 2 is 1.88 bits per heavy atom. The highest BCUT2D eigenvalue weighted by molar-refractivity contribution is 5.92. The van der Waals surface area contributed by atoms with Crippen molar-refractivity contribution in [2.75, 3.05) is 44.6 Å². The van der Waals surface area contributed by atoms with E-state index >= 15 is 0 Å². The summed E-state index contributed by atoms with van der Waals surface area (Å²) in [5.41, 5.74) is 2.08. The van der Waals surface area contributed by atoms with E-state index in [-0.39, 0.29) is 17.9 Å². The van der Waals surface area contributed by atoms with E-state index < -0.39 is 0 Å². The number of carbonyl (C=O) groups is 2. The third-order valence-corrected chi connectivity index (χ3v) is 4.90. The van der Waals surface area contributed by atoms with Crippen molar-refractivity contribution in [3.8, 4) is 0 Å². The molecule has 1 aromatic rings. The number of benzene rings is 1. The van der Waals surface area contributed by atoms with Gasteiger partial charge in [0.2, 0.25) is 5.91 Å². The molecule has 2 aliphatic heterocycles. The van der Waals surface area contributed by atoms with Crippen molar-refractivity contribution >= 4 is 17.5 Å². The SMILES string of the molecule is CCc1ccc(NC(=O)CN2CCN(C(=O)[C@H]3CCCO3)CC2)cc1. The number of hydrogen-bond acceptors (Lipinski definition) is 4. The molecule has 0 spiro atoms. The predicted octanol–water partition coefficient (Wildman–Crippen LogP) is 1.51. The number of amides is 2. The van der Waals surface area contributed by atoms with Crippen LogP contribution in [0, 0.1) is 0 Å². The van der Waals surface area contributed by atoms with Gasteiger partial charge in [0, 0.05) is 38.5 Å². The van der Waals surface area contributed by atoms with Crippen molar-refractivity contribution in [2.45, 2.75) is 32.3 Å². The van der Waals surface area contributed by atoms with Crippen LogP contribution in [0.25, 0.3) is 0 Å². The van der Waals surface area contributed by atoms with Crippen LogP contribution in [0.2, 0.25) is 0 Å². The first-order chi connectivity index (χ1) is 12.2. The second kappa shape index (κ2) is 8.45. The van der Waals surface area contributed by atoms with E-state index in [9.17, 15) is 9.59 Å². The van der Waals surface area contributed by atoms with E-state index in [1.165, 1.54) is 5.56 Å². The Kier molecular flexibility index (Phi) is 6.04. The molecule has 25 heavy (non-hydrogen) atoms. The first-order valence-electron chi connectivity index (χ1n) is 9.17. The Labute approximate surface area is 149 Å². The number of rotatable bonds is 5. The monoisotopic (exact) mass is 345 g/mol. The number of hydrogen-bond donors (Lipinski definition) is 1. The first kappa shape index (κ1) is 17.9. The van der Waals surface area contributed by atoms with Crippen molar-refractivity contribution in [1.29, 1.82) is 0 Å². The van der Waals surface area contributed by atoms with Crippen molar-refractivity contribution in [3.05, 3.63) is 29.8 Å². The van der Waals surface area contributed by atoms with Crippen LogP contribution in [0.15, 0.2) is 24.3 Å². The zero-order valence-electron chi connectivity index (χ0n) is 14.9. The summed E-state index contributed by atoms with van der Waals surface area (Å²) in [5, 5.41) is 2.94. The third-order valence-electron chi connectivity index (χ3n) is 4.90. The molecule has 1 aromatic carbocycles. The van der Waals surface area contributed by atoms with Crippen LogP contribution in [0.5, 0.6) is 0 Å². The molecule has 2 heterocycles. The third kappa shape index (κ3) is 4.80. The van der Waals surface area contributed by atoms with Crippen LogP contribution in [-0.2, 0) is 20.7 Å². The lowest BCUT2D eigenvalue weighted by Gasteiger charge is -2.35. The van der Waals surface area contributed by atoms with Gasteiger partial charge in [0.25, 0.3) is 5.91 Å². The lowest BCUT2D eigenvalue weighted by atomic mass is 10.1. The summed E-state index contributed by atoms with van der Waals surface area (Å²) in [6.07, 6.45) is 2.54. The van der Waals surface area contributed by atoms with E-state index in [4.69, 9.17) is 4.74 Å². The molecule has 0 saturated carbocycles. The maximum atomic E-state index is 12.3. The average Bonchev–Trinajstić information content (AvgIpc) is 3.17. The van der Waals surface area contributed by atoms with Gasteiger partial charge in [-0.25, -0.2) is 0 Å². The summed E-state index contributed by atoms with van der Waals surface area (Å²) in [6, 6.07) is 7.94. The molecule has 1 N–H and O–H groups in total. The van der Waals surface area contributed by atoms with E-state index in [0.29, 0.717) is 26.2 Å². The molecule has 6 heteroatoms. The van der Waals surface area contributed by atoms with Crippen molar-refractivity contribution in [2.24, 2.45) is 0 Å². The summed E-state index contributed by atoms with van der Waals surface area (Å²) >= 11 is 0. The van der Waals surface area contributed by atoms with Gasteiger partial charge in [-0.2, -0.15) is 0 Å². The Bertz CT molecular complexity index is 588. The molecule has 6 nitrogen and oxygen atoms in total. The molecule has 0 unspecified atom stereocenters. The van der Waals surface area contributed by atoms with Gasteiger partial charge in [-0.05, 0) is 37.0 Å². The summed E-state index contributed by atoms with van der Waals surface area (Å²) in [4.78, 5) is 28.5. The molecule has 0 aliphatic carbocycles. The highest BCUT2D eigenvalue weighted by Crippen LogP contribution is 2.16. The summed E-state index contributed by atoms with van der Waals surface area (Å²) in [6.45, 7) is 5.93. The topological polar surface area (TPSA) is 61.9 Å². The largest absolute Gasteiger partial charge is 0.368 e. The standard InChI is InChI=1S/C19H27N3O3/c1-2-15-5-7-16(8-6-15)20-18(23)14-21-9-11-22(12-10-21)19(24)17-4-3-13-25-17/h5-8,17H,2-4,9-14H2,1H3,(H,20,23)/t17-/m1/s1. The normalized spacial score (nSPS) is 21.3. The fraction of sp³-hybridized carbons (Fsp3) is 0.579. The van der Waals surface area contributed by atoms with E-state index in [2.05, 4.69) is 17.1 Å². The molecule has 2 saturated heterocycles. The quantitative estimate of drug-likeness (QED) is 0.879. The Balaban J connectivity index is 1.41. The van der Waals surface area contributed by atoms with Crippen molar-refractivity contribution in [3.63, 3.8) is 0 Å². The number of nitrogens with one attached hydrogen (secondary N) is 1. The van der Waals surface area contributed by atoms with Gasteiger partial charge < -0.3 is 15.0 Å². The smallest absolute Gasteiger partial charge is 0.251 e. The lowest BCUT2D eigenvalue weighted by Crippen LogP contribution is -2.52. The molecule has 2 fully saturated rings. The highest BCUT2D eigenvalue weighted by atomic mass is 16.5. The number of anilines is 1. The number of nitrogens with zero attached hydrogens (tertiary/aromatic N) is 2. The van der Waals surface area contributed by atoms with Crippen LogP contribution >= 0.6 is 0 Å². The van der Waals surface area contributed by atoms with Crippen molar-refractivity contribution in [1.82, 2.24) is 9.80 Å². The zero-order chi connectivity index (χ0) is 17.6. The predicted molar refractivity (Wildman–Crippen MR) is 96.4 cm³/mol. The van der Waals surface area contributed by atoms with Gasteiger partial charge >= 0.3 is 0 Å². The molecule has 0 aromatic heterocycles. The Morgan fingerprint density at radius 3 is 2.48 bits per heavy atom. The van der Waals surface area contributed by atoms with Gasteiger partial charge in [0.1, 0.15) is 6.10 Å². The maximum Gasteiger partial charge on any atom is 0.251 e. The minimum Gasteiger partial charge on any atom is -0.368 e. The van der Waals surface area contributed by atoms with E-state index in [1.54, 1.807) is 0 Å². The summed E-state index contributed by atoms with van der Waals surface area (Å²) < 4.78 is 5.47. The molecule has 136 valence electrons. The van der Waals surface area contributed by atoms with Gasteiger partial charge in [0.05, 0.1) is 6.54 Å². The minimum atomic E-state index is -0.249. The number of carbonyl (C=O) groups excluding carboxylic acids is 2. The fourth-order valence-corrected chi connectivity index (χ4v) is 3.33. The van der Waals surface area contributed by atoms with E-state index in [0.717, 1.165) is 38.0 Å². The minimum absolute atomic E-state index is 0.0110. The second-order valence-corrected chi connectivity index (χ2v) is 6.70. The molecule has 0 bridgehead atoms. The van der Waals surface area contributed by atoms with Crippen LogP contribution in [0.1, 0.15) is 25.3 Å². The lowest BCUT2D eigenvalue weighted by molar-refractivity contribution is -0.142. The number of ether oxygens (including phenoxy) is 1. The van der Waals surface area contributed by atoms with Crippen LogP contribution < -0.4 is 5.32 Å². The Morgan fingerprint density at radius 1 is 1.16 bits per heavy atom. The van der Waals surface area contributed by atoms with Gasteiger partial charge in [-0.1, -0.05) is 19.1 Å². The van der Waals surface area contributed by atoms with Crippen LogP contribution in [0.3, 0.4) is 0 Å². The first-order valence-corrected chi connectivity index (χ1v) is 9.17. The highest BCUT2D eigenvalue weighted by Gasteiger charge is 2.30. The van der Waals surface area contributed by atoms with Gasteiger partial charge in [-0.15, -0.1) is 0 Å². The van der Waals surface area contributed by atoms with Crippen molar-refractivity contribution < 1.29 is 14.3 Å². The molecule has 3 rings (SSSR count). The van der Waals surface area contributed by atoms with Gasteiger partial charge in [0.15, 0.2) is 0 Å². The van der Waals surface area contributed by atoms with E-state index in [1.807, 2.05) is 29.2 Å². The summed E-state index contributed by atoms with van der Waals surface area (Å²) in [7, 11) is 0. The zero-order valence-corrected chi connectivity index (χ0v) is 14.9. The molecular formula is C19H27N3O3. The molecule has 1 atom stereocenters. The number of piperazine rings is 1. The van der Waals surface area contributed by atoms with Crippen LogP contribution in [-0.4, -0.2) is 67.0 Å². The number of aryl methyl sites for hydroxylation is 1. The molecule has 2 amide bonds. The maximum absolute atomic E-state index is 12.3. The average molecular weight is 345 g/mol. The fourth-order valence-electron chi connectivity index (χ4n) is 3.33. The molecular weight excluding hydrogens is 318 g/mol. The Hall–Kier alpha value is -1.92.